The van der Waals surface area contributed by atoms with E-state index in [0.717, 1.165) is 17.5 Å². The summed E-state index contributed by atoms with van der Waals surface area (Å²) in [7, 11) is 0. The number of nitrogens with one attached hydrogen (secondary N) is 1. The number of rotatable bonds is 8. The molecule has 1 atom stereocenters. The van der Waals surface area contributed by atoms with Crippen LogP contribution in [0.2, 0.25) is 0 Å². The third-order valence-corrected chi connectivity index (χ3v) is 4.57. The van der Waals surface area contributed by atoms with Crippen molar-refractivity contribution in [3.63, 3.8) is 0 Å². The van der Waals surface area contributed by atoms with Gasteiger partial charge < -0.3 is 10.1 Å². The lowest BCUT2D eigenvalue weighted by Crippen LogP contribution is -2.35. The largest absolute Gasteiger partial charge is 0.452 e. The molecule has 0 saturated carbocycles. The van der Waals surface area contributed by atoms with Crippen molar-refractivity contribution >= 4 is 11.9 Å². The Balaban J connectivity index is 1.80. The van der Waals surface area contributed by atoms with E-state index in [4.69, 9.17) is 4.74 Å². The van der Waals surface area contributed by atoms with E-state index in [2.05, 4.69) is 10.4 Å². The molecule has 29 heavy (non-hydrogen) atoms. The topological polar surface area (TPSA) is 73.2 Å². The second kappa shape index (κ2) is 9.68. The minimum absolute atomic E-state index is 0.0368. The number of hydrogen-bond acceptors (Lipinski definition) is 4. The van der Waals surface area contributed by atoms with E-state index in [1.54, 1.807) is 10.9 Å². The third kappa shape index (κ3) is 5.54. The molecule has 0 aliphatic rings. The number of hydrogen-bond donors (Lipinski definition) is 1. The summed E-state index contributed by atoms with van der Waals surface area (Å²) in [6.07, 6.45) is 2.48. The highest BCUT2D eigenvalue weighted by Gasteiger charge is 2.20. The molecule has 2 aromatic carbocycles. The third-order valence-electron chi connectivity index (χ3n) is 4.57. The van der Waals surface area contributed by atoms with Gasteiger partial charge in [-0.15, -0.1) is 0 Å². The summed E-state index contributed by atoms with van der Waals surface area (Å²) < 4.78 is 6.97. The molecule has 0 aliphatic carbocycles. The summed E-state index contributed by atoms with van der Waals surface area (Å²) >= 11 is 0. The minimum atomic E-state index is -0.567. The molecule has 1 aromatic heterocycles. The Morgan fingerprint density at radius 2 is 1.72 bits per heavy atom. The van der Waals surface area contributed by atoms with Crippen LogP contribution in [0.5, 0.6) is 0 Å². The molecular weight excluding hydrogens is 366 g/mol. The van der Waals surface area contributed by atoms with Crippen molar-refractivity contribution in [2.45, 2.75) is 32.9 Å². The molecule has 3 aromatic rings. The van der Waals surface area contributed by atoms with Crippen LogP contribution in [0.4, 0.5) is 0 Å². The zero-order valence-electron chi connectivity index (χ0n) is 16.7. The van der Waals surface area contributed by atoms with Gasteiger partial charge in [-0.2, -0.15) is 5.10 Å². The highest BCUT2D eigenvalue weighted by molar-refractivity contribution is 5.97. The number of nitrogens with zero attached hydrogens (tertiary/aromatic N) is 2. The highest BCUT2D eigenvalue weighted by Crippen LogP contribution is 2.23. The van der Waals surface area contributed by atoms with Crippen molar-refractivity contribution in [3.8, 4) is 11.3 Å². The Labute approximate surface area is 170 Å². The maximum Gasteiger partial charge on any atom is 0.342 e. The number of ether oxygens (including phenoxy) is 1. The van der Waals surface area contributed by atoms with E-state index in [-0.39, 0.29) is 18.6 Å². The van der Waals surface area contributed by atoms with Gasteiger partial charge in [-0.3, -0.25) is 9.48 Å². The summed E-state index contributed by atoms with van der Waals surface area (Å²) in [5.74, 6) is -0.881. The molecule has 6 nitrogen and oxygen atoms in total. The second-order valence-corrected chi connectivity index (χ2v) is 6.89. The van der Waals surface area contributed by atoms with Crippen LogP contribution in [-0.4, -0.2) is 34.3 Å². The second-order valence-electron chi connectivity index (χ2n) is 6.89. The first-order valence-electron chi connectivity index (χ1n) is 9.70. The first-order valence-corrected chi connectivity index (χ1v) is 9.70. The first kappa shape index (κ1) is 20.3. The SMILES string of the molecule is CC[C@@H](C)NC(=O)COC(=O)c1cn(Cc2ccccc2)nc1-c1ccccc1. The molecule has 0 saturated heterocycles. The molecule has 0 fully saturated rings. The standard InChI is InChI=1S/C23H25N3O3/c1-3-17(2)24-21(27)16-29-23(28)20-15-26(14-18-10-6-4-7-11-18)25-22(20)19-12-8-5-9-13-19/h4-13,15,17H,3,14,16H2,1-2H3,(H,24,27)/t17-/m1/s1. The van der Waals surface area contributed by atoms with Gasteiger partial charge in [0.2, 0.25) is 0 Å². The van der Waals surface area contributed by atoms with Crippen LogP contribution in [0.3, 0.4) is 0 Å². The smallest absolute Gasteiger partial charge is 0.342 e. The zero-order valence-corrected chi connectivity index (χ0v) is 16.7. The molecule has 6 heteroatoms. The average molecular weight is 391 g/mol. The van der Waals surface area contributed by atoms with Crippen molar-refractivity contribution in [3.05, 3.63) is 78.0 Å². The lowest BCUT2D eigenvalue weighted by atomic mass is 10.1. The van der Waals surface area contributed by atoms with Crippen molar-refractivity contribution in [1.82, 2.24) is 15.1 Å². The van der Waals surface area contributed by atoms with Crippen molar-refractivity contribution in [2.75, 3.05) is 6.61 Å². The quantitative estimate of drug-likeness (QED) is 0.595. The lowest BCUT2D eigenvalue weighted by Gasteiger charge is -2.11. The number of benzene rings is 2. The fourth-order valence-corrected chi connectivity index (χ4v) is 2.86. The van der Waals surface area contributed by atoms with Gasteiger partial charge >= 0.3 is 5.97 Å². The van der Waals surface area contributed by atoms with Crippen LogP contribution in [0.15, 0.2) is 66.9 Å². The predicted octanol–water partition coefficient (Wildman–Crippen LogP) is 3.67. The lowest BCUT2D eigenvalue weighted by molar-refractivity contribution is -0.124. The number of amides is 1. The van der Waals surface area contributed by atoms with E-state index < -0.39 is 5.97 Å². The monoisotopic (exact) mass is 391 g/mol. The van der Waals surface area contributed by atoms with Crippen molar-refractivity contribution < 1.29 is 14.3 Å². The molecule has 1 heterocycles. The van der Waals surface area contributed by atoms with Crippen LogP contribution in [0, 0.1) is 0 Å². The predicted molar refractivity (Wildman–Crippen MR) is 111 cm³/mol. The fraction of sp³-hybridized carbons (Fsp3) is 0.261. The van der Waals surface area contributed by atoms with E-state index in [1.165, 1.54) is 0 Å². The van der Waals surface area contributed by atoms with E-state index in [0.29, 0.717) is 17.8 Å². The van der Waals surface area contributed by atoms with Gasteiger partial charge in [0.15, 0.2) is 6.61 Å². The van der Waals surface area contributed by atoms with Gasteiger partial charge in [0.25, 0.3) is 5.91 Å². The molecule has 3 rings (SSSR count). The number of esters is 1. The maximum atomic E-state index is 12.7. The first-order chi connectivity index (χ1) is 14.1. The van der Waals surface area contributed by atoms with Crippen LogP contribution in [0.25, 0.3) is 11.3 Å². The Bertz CT molecular complexity index is 952. The average Bonchev–Trinajstić information content (AvgIpc) is 3.17. The summed E-state index contributed by atoms with van der Waals surface area (Å²) in [5.41, 5.74) is 2.76. The van der Waals surface area contributed by atoms with Crippen LogP contribution < -0.4 is 5.32 Å². The van der Waals surface area contributed by atoms with E-state index >= 15 is 0 Å². The highest BCUT2D eigenvalue weighted by atomic mass is 16.5. The van der Waals surface area contributed by atoms with Crippen LogP contribution >= 0.6 is 0 Å². The van der Waals surface area contributed by atoms with Gasteiger partial charge in [-0.05, 0) is 18.9 Å². The summed E-state index contributed by atoms with van der Waals surface area (Å²) in [6, 6.07) is 19.4. The molecular formula is C23H25N3O3. The molecule has 0 radical (unpaired) electrons. The fourth-order valence-electron chi connectivity index (χ4n) is 2.86. The molecule has 150 valence electrons. The summed E-state index contributed by atoms with van der Waals surface area (Å²) in [5, 5.41) is 7.38. The van der Waals surface area contributed by atoms with Gasteiger partial charge in [0, 0.05) is 17.8 Å². The van der Waals surface area contributed by atoms with Gasteiger partial charge in [0.05, 0.1) is 6.54 Å². The Morgan fingerprint density at radius 3 is 2.38 bits per heavy atom. The van der Waals surface area contributed by atoms with Gasteiger partial charge in [-0.25, -0.2) is 4.79 Å². The number of carbonyl (C=O) groups is 2. The van der Waals surface area contributed by atoms with E-state index in [9.17, 15) is 9.59 Å². The van der Waals surface area contributed by atoms with Gasteiger partial charge in [0.1, 0.15) is 11.3 Å². The number of aromatic nitrogens is 2. The van der Waals surface area contributed by atoms with Crippen LogP contribution in [-0.2, 0) is 16.1 Å². The molecule has 0 bridgehead atoms. The summed E-state index contributed by atoms with van der Waals surface area (Å²) in [6.45, 7) is 4.09. The van der Waals surface area contributed by atoms with E-state index in [1.807, 2.05) is 74.5 Å². The Hall–Kier alpha value is -3.41. The normalized spacial score (nSPS) is 11.7. The Kier molecular flexibility index (Phi) is 6.79. The number of carbonyl (C=O) groups excluding carboxylic acids is 2. The molecule has 0 unspecified atom stereocenters. The van der Waals surface area contributed by atoms with Crippen LogP contribution in [0.1, 0.15) is 36.2 Å². The summed E-state index contributed by atoms with van der Waals surface area (Å²) in [4.78, 5) is 24.6. The molecule has 1 amide bonds. The van der Waals surface area contributed by atoms with Crippen molar-refractivity contribution in [2.24, 2.45) is 0 Å². The molecule has 0 aliphatic heterocycles. The maximum absolute atomic E-state index is 12.7. The van der Waals surface area contributed by atoms with Gasteiger partial charge in [-0.1, -0.05) is 67.6 Å². The minimum Gasteiger partial charge on any atom is -0.452 e. The Morgan fingerprint density at radius 1 is 1.07 bits per heavy atom. The zero-order chi connectivity index (χ0) is 20.6. The van der Waals surface area contributed by atoms with Crippen molar-refractivity contribution in [1.29, 1.82) is 0 Å². The molecule has 1 N–H and O–H groups in total. The molecule has 0 spiro atoms.